The van der Waals surface area contributed by atoms with Gasteiger partial charge in [0.15, 0.2) is 0 Å². The number of nitrogens with zero attached hydrogens (tertiary/aromatic N) is 2. The molecule has 1 aromatic heterocycles. The van der Waals surface area contributed by atoms with Crippen LogP contribution in [0, 0.1) is 0 Å². The average molecular weight is 218 g/mol. The first-order valence-electron chi connectivity index (χ1n) is 4.18. The van der Waals surface area contributed by atoms with Crippen LogP contribution < -0.4 is 4.72 Å². The smallest absolute Gasteiger partial charge is 0.262 e. The second-order valence-electron chi connectivity index (χ2n) is 3.19. The molecule has 0 fully saturated rings. The van der Waals surface area contributed by atoms with Crippen LogP contribution in [0.1, 0.15) is 13.8 Å². The lowest BCUT2D eigenvalue weighted by atomic mass is 10.4. The minimum absolute atomic E-state index is 0.0876. The molecule has 1 rings (SSSR count). The number of aromatic nitrogens is 2. The molecule has 0 saturated heterocycles. The van der Waals surface area contributed by atoms with Gasteiger partial charge in [0.1, 0.15) is 5.82 Å². The van der Waals surface area contributed by atoms with E-state index < -0.39 is 10.2 Å². The molecule has 1 aromatic rings. The normalized spacial score (nSPS) is 12.4. The Morgan fingerprint density at radius 3 is 2.64 bits per heavy atom. The summed E-state index contributed by atoms with van der Waals surface area (Å²) in [5.74, 6) is 0.359. The third-order valence-electron chi connectivity index (χ3n) is 1.85. The SMILES string of the molecule is CC(C)N(C)S(=O)(=O)Nc1ccn[nH]1. The molecule has 14 heavy (non-hydrogen) atoms. The molecule has 80 valence electrons. The molecule has 0 unspecified atom stereocenters. The number of hydrogen-bond acceptors (Lipinski definition) is 3. The van der Waals surface area contributed by atoms with Gasteiger partial charge in [0.2, 0.25) is 0 Å². The van der Waals surface area contributed by atoms with Gasteiger partial charge >= 0.3 is 10.2 Å². The summed E-state index contributed by atoms with van der Waals surface area (Å²) in [6.45, 7) is 3.60. The predicted octanol–water partition coefficient (Wildman–Crippen LogP) is 0.407. The molecule has 0 aliphatic carbocycles. The molecule has 0 saturated carbocycles. The molecule has 0 aliphatic rings. The summed E-state index contributed by atoms with van der Waals surface area (Å²) in [5, 5.41) is 6.16. The molecule has 7 heteroatoms. The fourth-order valence-electron chi connectivity index (χ4n) is 0.801. The van der Waals surface area contributed by atoms with Crippen LogP contribution in [0.25, 0.3) is 0 Å². The fourth-order valence-corrected chi connectivity index (χ4v) is 1.89. The third kappa shape index (κ3) is 2.46. The minimum atomic E-state index is -3.47. The monoisotopic (exact) mass is 218 g/mol. The highest BCUT2D eigenvalue weighted by Crippen LogP contribution is 2.08. The lowest BCUT2D eigenvalue weighted by molar-refractivity contribution is 0.414. The van der Waals surface area contributed by atoms with Gasteiger partial charge in [-0.15, -0.1) is 0 Å². The Labute approximate surface area is 83.5 Å². The van der Waals surface area contributed by atoms with E-state index in [0.29, 0.717) is 5.82 Å². The van der Waals surface area contributed by atoms with E-state index in [1.54, 1.807) is 19.9 Å². The number of hydrogen-bond donors (Lipinski definition) is 2. The Hall–Kier alpha value is -1.08. The predicted molar refractivity (Wildman–Crippen MR) is 54.0 cm³/mol. The third-order valence-corrected chi connectivity index (χ3v) is 3.50. The highest BCUT2D eigenvalue weighted by atomic mass is 32.2. The Bertz CT molecular complexity index is 370. The van der Waals surface area contributed by atoms with E-state index in [1.807, 2.05) is 0 Å². The van der Waals surface area contributed by atoms with Gasteiger partial charge in [-0.25, -0.2) is 0 Å². The summed E-state index contributed by atoms with van der Waals surface area (Å²) in [7, 11) is -1.95. The van der Waals surface area contributed by atoms with E-state index in [-0.39, 0.29) is 6.04 Å². The van der Waals surface area contributed by atoms with E-state index in [4.69, 9.17) is 0 Å². The summed E-state index contributed by atoms with van der Waals surface area (Å²) >= 11 is 0. The average Bonchev–Trinajstić information content (AvgIpc) is 2.54. The van der Waals surface area contributed by atoms with Crippen molar-refractivity contribution in [1.82, 2.24) is 14.5 Å². The minimum Gasteiger partial charge on any atom is -0.262 e. The van der Waals surface area contributed by atoms with Crippen molar-refractivity contribution < 1.29 is 8.42 Å². The van der Waals surface area contributed by atoms with Crippen LogP contribution in [0.5, 0.6) is 0 Å². The zero-order valence-electron chi connectivity index (χ0n) is 8.35. The quantitative estimate of drug-likeness (QED) is 0.768. The van der Waals surface area contributed by atoms with Crippen LogP contribution in [0.2, 0.25) is 0 Å². The van der Waals surface area contributed by atoms with Crippen molar-refractivity contribution in [1.29, 1.82) is 0 Å². The van der Waals surface area contributed by atoms with Crippen LogP contribution in [0.4, 0.5) is 5.82 Å². The van der Waals surface area contributed by atoms with Gasteiger partial charge in [-0.05, 0) is 13.8 Å². The molecular weight excluding hydrogens is 204 g/mol. The second kappa shape index (κ2) is 3.97. The molecule has 1 heterocycles. The molecule has 6 nitrogen and oxygen atoms in total. The van der Waals surface area contributed by atoms with Crippen molar-refractivity contribution in [3.8, 4) is 0 Å². The number of aromatic amines is 1. The van der Waals surface area contributed by atoms with Crippen LogP contribution in [-0.4, -0.2) is 36.0 Å². The molecule has 2 N–H and O–H groups in total. The van der Waals surface area contributed by atoms with Gasteiger partial charge in [-0.2, -0.15) is 17.8 Å². The van der Waals surface area contributed by atoms with Gasteiger partial charge in [0.05, 0.1) is 6.20 Å². The Balaban J connectivity index is 2.77. The molecule has 0 aromatic carbocycles. The maximum atomic E-state index is 11.6. The van der Waals surface area contributed by atoms with Crippen molar-refractivity contribution in [3.63, 3.8) is 0 Å². The molecular formula is C7H14N4O2S. The van der Waals surface area contributed by atoms with Crippen LogP contribution in [0.15, 0.2) is 12.3 Å². The van der Waals surface area contributed by atoms with Crippen LogP contribution >= 0.6 is 0 Å². The van der Waals surface area contributed by atoms with Crippen molar-refractivity contribution in [2.45, 2.75) is 19.9 Å². The molecule has 0 spiro atoms. The maximum Gasteiger partial charge on any atom is 0.302 e. The lowest BCUT2D eigenvalue weighted by Crippen LogP contribution is -2.37. The summed E-state index contributed by atoms with van der Waals surface area (Å²) in [4.78, 5) is 0. The zero-order valence-corrected chi connectivity index (χ0v) is 9.17. The molecule has 0 radical (unpaired) electrons. The second-order valence-corrected chi connectivity index (χ2v) is 4.92. The largest absolute Gasteiger partial charge is 0.302 e. The van der Waals surface area contributed by atoms with Crippen LogP contribution in [0.3, 0.4) is 0 Å². The Kier molecular flexibility index (Phi) is 3.12. The van der Waals surface area contributed by atoms with Gasteiger partial charge < -0.3 is 0 Å². The van der Waals surface area contributed by atoms with Gasteiger partial charge in [-0.3, -0.25) is 9.82 Å². The van der Waals surface area contributed by atoms with Crippen LogP contribution in [-0.2, 0) is 10.2 Å². The standard InChI is InChI=1S/C7H14N4O2S/c1-6(2)11(3)14(12,13)10-7-4-5-8-9-7/h4-6H,1-3H3,(H2,8,9,10). The Morgan fingerprint density at radius 2 is 2.21 bits per heavy atom. The van der Waals surface area contributed by atoms with Crippen molar-refractivity contribution >= 4 is 16.0 Å². The zero-order chi connectivity index (χ0) is 10.8. The topological polar surface area (TPSA) is 78.1 Å². The summed E-state index contributed by atoms with van der Waals surface area (Å²) in [6, 6.07) is 1.46. The first kappa shape index (κ1) is 11.0. The number of nitrogens with one attached hydrogen (secondary N) is 2. The Morgan fingerprint density at radius 1 is 1.57 bits per heavy atom. The lowest BCUT2D eigenvalue weighted by Gasteiger charge is -2.20. The van der Waals surface area contributed by atoms with Crippen molar-refractivity contribution in [2.75, 3.05) is 11.8 Å². The summed E-state index contributed by atoms with van der Waals surface area (Å²) < 4.78 is 26.8. The maximum absolute atomic E-state index is 11.6. The number of anilines is 1. The van der Waals surface area contributed by atoms with Crippen molar-refractivity contribution in [3.05, 3.63) is 12.3 Å². The molecule has 0 atom stereocenters. The van der Waals surface area contributed by atoms with E-state index >= 15 is 0 Å². The molecule has 0 bridgehead atoms. The first-order valence-corrected chi connectivity index (χ1v) is 5.62. The first-order chi connectivity index (χ1) is 6.43. The molecule has 0 aliphatic heterocycles. The van der Waals surface area contributed by atoms with Gasteiger partial charge in [0, 0.05) is 19.2 Å². The van der Waals surface area contributed by atoms with E-state index in [9.17, 15) is 8.42 Å². The summed E-state index contributed by atoms with van der Waals surface area (Å²) in [5.41, 5.74) is 0. The highest BCUT2D eigenvalue weighted by Gasteiger charge is 2.20. The number of rotatable bonds is 4. The van der Waals surface area contributed by atoms with E-state index in [2.05, 4.69) is 14.9 Å². The van der Waals surface area contributed by atoms with Crippen molar-refractivity contribution in [2.24, 2.45) is 0 Å². The highest BCUT2D eigenvalue weighted by molar-refractivity contribution is 7.90. The number of H-pyrrole nitrogens is 1. The van der Waals surface area contributed by atoms with Gasteiger partial charge in [-0.1, -0.05) is 0 Å². The summed E-state index contributed by atoms with van der Waals surface area (Å²) in [6.07, 6.45) is 1.48. The van der Waals surface area contributed by atoms with E-state index in [0.717, 1.165) is 0 Å². The fraction of sp³-hybridized carbons (Fsp3) is 0.571. The molecule has 0 amide bonds. The van der Waals surface area contributed by atoms with E-state index in [1.165, 1.54) is 17.5 Å². The van der Waals surface area contributed by atoms with Gasteiger partial charge in [0.25, 0.3) is 0 Å².